The van der Waals surface area contributed by atoms with Gasteiger partial charge in [0.1, 0.15) is 6.54 Å². The van der Waals surface area contributed by atoms with Gasteiger partial charge in [0.2, 0.25) is 11.8 Å². The van der Waals surface area contributed by atoms with Crippen LogP contribution in [0.3, 0.4) is 0 Å². The van der Waals surface area contributed by atoms with Gasteiger partial charge in [-0.05, 0) is 6.07 Å². The van der Waals surface area contributed by atoms with E-state index in [0.29, 0.717) is 12.4 Å². The third-order valence-corrected chi connectivity index (χ3v) is 2.42. The molecule has 0 spiro atoms. The highest BCUT2D eigenvalue weighted by Crippen LogP contribution is 2.10. The van der Waals surface area contributed by atoms with Crippen LogP contribution in [0.4, 0.5) is 5.69 Å². The average Bonchev–Trinajstić information content (AvgIpc) is 2.83. The average molecular weight is 261 g/mol. The number of anilines is 1. The van der Waals surface area contributed by atoms with Crippen LogP contribution in [0.25, 0.3) is 0 Å². The van der Waals surface area contributed by atoms with Crippen molar-refractivity contribution < 1.29 is 9.53 Å². The Morgan fingerprint density at radius 3 is 3.11 bits per heavy atom. The maximum Gasteiger partial charge on any atom is 0.239 e. The number of rotatable bonds is 6. The van der Waals surface area contributed by atoms with Gasteiger partial charge in [-0.2, -0.15) is 5.10 Å². The van der Waals surface area contributed by atoms with E-state index in [2.05, 4.69) is 15.4 Å². The van der Waals surface area contributed by atoms with Gasteiger partial charge in [0, 0.05) is 12.3 Å². The summed E-state index contributed by atoms with van der Waals surface area (Å²) in [4.78, 5) is 15.0. The van der Waals surface area contributed by atoms with Crippen LogP contribution in [-0.4, -0.2) is 27.8 Å². The van der Waals surface area contributed by atoms with Crippen LogP contribution >= 0.6 is 0 Å². The van der Waals surface area contributed by atoms with Crippen molar-refractivity contribution in [2.45, 2.75) is 13.1 Å². The summed E-state index contributed by atoms with van der Waals surface area (Å²) in [5.41, 5.74) is 6.73. The molecule has 1 amide bonds. The van der Waals surface area contributed by atoms with E-state index >= 15 is 0 Å². The standard InChI is InChI=1S/C12H15N5O2/c1-19-12-4-2-3-9(16-12)5-14-10-6-15-17(7-10)8-11(13)18/h2-4,6-7,14H,5,8H2,1H3,(H2,13,18). The van der Waals surface area contributed by atoms with Crippen molar-refractivity contribution in [1.82, 2.24) is 14.8 Å². The van der Waals surface area contributed by atoms with Crippen LogP contribution in [0, 0.1) is 0 Å². The van der Waals surface area contributed by atoms with Crippen LogP contribution < -0.4 is 15.8 Å². The molecule has 3 N–H and O–H groups in total. The third-order valence-electron chi connectivity index (χ3n) is 2.42. The summed E-state index contributed by atoms with van der Waals surface area (Å²) in [6.45, 7) is 0.610. The summed E-state index contributed by atoms with van der Waals surface area (Å²) in [5.74, 6) is 0.146. The molecule has 0 aliphatic carbocycles. The van der Waals surface area contributed by atoms with Gasteiger partial charge in [0.25, 0.3) is 0 Å². The number of carbonyl (C=O) groups is 1. The molecule has 2 rings (SSSR count). The number of carbonyl (C=O) groups excluding carboxylic acids is 1. The Labute approximate surface area is 110 Å². The van der Waals surface area contributed by atoms with E-state index in [9.17, 15) is 4.79 Å². The summed E-state index contributed by atoms with van der Waals surface area (Å²) in [6.07, 6.45) is 3.34. The zero-order chi connectivity index (χ0) is 13.7. The van der Waals surface area contributed by atoms with Gasteiger partial charge in [-0.25, -0.2) is 4.98 Å². The fraction of sp³-hybridized carbons (Fsp3) is 0.250. The zero-order valence-corrected chi connectivity index (χ0v) is 10.5. The molecule has 0 fully saturated rings. The molecular formula is C12H15N5O2. The van der Waals surface area contributed by atoms with Gasteiger partial charge < -0.3 is 15.8 Å². The number of nitrogens with two attached hydrogens (primary N) is 1. The SMILES string of the molecule is COc1cccc(CNc2cnn(CC(N)=O)c2)n1. The molecule has 0 saturated heterocycles. The number of hydrogen-bond acceptors (Lipinski definition) is 5. The molecule has 0 aromatic carbocycles. The molecular weight excluding hydrogens is 246 g/mol. The topological polar surface area (TPSA) is 95.1 Å². The van der Waals surface area contributed by atoms with Gasteiger partial charge in [-0.15, -0.1) is 0 Å². The fourth-order valence-corrected chi connectivity index (χ4v) is 1.56. The van der Waals surface area contributed by atoms with Crippen molar-refractivity contribution in [2.75, 3.05) is 12.4 Å². The highest BCUT2D eigenvalue weighted by molar-refractivity contribution is 5.73. The van der Waals surface area contributed by atoms with Crippen LogP contribution in [-0.2, 0) is 17.9 Å². The minimum absolute atomic E-state index is 0.0685. The van der Waals surface area contributed by atoms with Gasteiger partial charge in [-0.1, -0.05) is 6.07 Å². The first-order chi connectivity index (χ1) is 9.17. The number of hydrogen-bond donors (Lipinski definition) is 2. The molecule has 0 aliphatic heterocycles. The lowest BCUT2D eigenvalue weighted by atomic mass is 10.3. The molecule has 0 radical (unpaired) electrons. The molecule has 0 unspecified atom stereocenters. The maximum absolute atomic E-state index is 10.7. The summed E-state index contributed by atoms with van der Waals surface area (Å²) in [5, 5.41) is 7.16. The number of nitrogens with one attached hydrogen (secondary N) is 1. The Hall–Kier alpha value is -2.57. The van der Waals surface area contributed by atoms with E-state index in [1.54, 1.807) is 25.6 Å². The molecule has 100 valence electrons. The summed E-state index contributed by atoms with van der Waals surface area (Å²) >= 11 is 0. The molecule has 0 saturated carbocycles. The minimum atomic E-state index is -0.427. The Bertz CT molecular complexity index is 567. The van der Waals surface area contributed by atoms with E-state index < -0.39 is 5.91 Å². The number of methoxy groups -OCH3 is 1. The smallest absolute Gasteiger partial charge is 0.239 e. The minimum Gasteiger partial charge on any atom is -0.481 e. The van der Waals surface area contributed by atoms with Crippen molar-refractivity contribution in [2.24, 2.45) is 5.73 Å². The number of pyridine rings is 1. The van der Waals surface area contributed by atoms with Crippen molar-refractivity contribution in [3.05, 3.63) is 36.3 Å². The van der Waals surface area contributed by atoms with E-state index in [-0.39, 0.29) is 6.54 Å². The predicted octanol–water partition coefficient (Wildman–Crippen LogP) is 0.384. The molecule has 0 atom stereocenters. The van der Waals surface area contributed by atoms with Crippen LogP contribution in [0.5, 0.6) is 5.88 Å². The lowest BCUT2D eigenvalue weighted by Gasteiger charge is -2.04. The lowest BCUT2D eigenvalue weighted by molar-refractivity contribution is -0.118. The van der Waals surface area contributed by atoms with Gasteiger partial charge in [0.15, 0.2) is 0 Å². The summed E-state index contributed by atoms with van der Waals surface area (Å²) in [6, 6.07) is 5.55. The Morgan fingerprint density at radius 2 is 2.37 bits per heavy atom. The van der Waals surface area contributed by atoms with Crippen LogP contribution in [0.1, 0.15) is 5.69 Å². The molecule has 0 aliphatic rings. The molecule has 2 aromatic rings. The van der Waals surface area contributed by atoms with E-state index in [0.717, 1.165) is 11.4 Å². The third kappa shape index (κ3) is 3.70. The van der Waals surface area contributed by atoms with Crippen molar-refractivity contribution in [3.8, 4) is 5.88 Å². The summed E-state index contributed by atoms with van der Waals surface area (Å²) < 4.78 is 6.52. The second-order valence-electron chi connectivity index (χ2n) is 3.92. The first kappa shape index (κ1) is 12.9. The molecule has 7 nitrogen and oxygen atoms in total. The number of nitrogens with zero attached hydrogens (tertiary/aromatic N) is 3. The second-order valence-corrected chi connectivity index (χ2v) is 3.92. The maximum atomic E-state index is 10.7. The highest BCUT2D eigenvalue weighted by atomic mass is 16.5. The van der Waals surface area contributed by atoms with Crippen LogP contribution in [0.15, 0.2) is 30.6 Å². The first-order valence-electron chi connectivity index (χ1n) is 5.72. The number of ether oxygens (including phenoxy) is 1. The first-order valence-corrected chi connectivity index (χ1v) is 5.72. The van der Waals surface area contributed by atoms with Gasteiger partial charge in [0.05, 0.1) is 31.2 Å². The Balaban J connectivity index is 1.94. The van der Waals surface area contributed by atoms with Gasteiger partial charge in [-0.3, -0.25) is 9.48 Å². The van der Waals surface area contributed by atoms with E-state index in [1.807, 2.05) is 12.1 Å². The number of aromatic nitrogens is 3. The predicted molar refractivity (Wildman–Crippen MR) is 69.5 cm³/mol. The molecule has 7 heteroatoms. The highest BCUT2D eigenvalue weighted by Gasteiger charge is 2.02. The molecule has 19 heavy (non-hydrogen) atoms. The van der Waals surface area contributed by atoms with Crippen molar-refractivity contribution in [3.63, 3.8) is 0 Å². The number of amides is 1. The fourth-order valence-electron chi connectivity index (χ4n) is 1.56. The Morgan fingerprint density at radius 1 is 1.53 bits per heavy atom. The summed E-state index contributed by atoms with van der Waals surface area (Å²) in [7, 11) is 1.58. The Kier molecular flexibility index (Phi) is 3.97. The van der Waals surface area contributed by atoms with E-state index in [1.165, 1.54) is 4.68 Å². The molecule has 2 heterocycles. The monoisotopic (exact) mass is 261 g/mol. The zero-order valence-electron chi connectivity index (χ0n) is 10.5. The molecule has 2 aromatic heterocycles. The second kappa shape index (κ2) is 5.85. The number of primary amides is 1. The quantitative estimate of drug-likeness (QED) is 0.784. The van der Waals surface area contributed by atoms with Crippen molar-refractivity contribution in [1.29, 1.82) is 0 Å². The molecule has 0 bridgehead atoms. The largest absolute Gasteiger partial charge is 0.481 e. The van der Waals surface area contributed by atoms with Crippen molar-refractivity contribution >= 4 is 11.6 Å². The normalized spacial score (nSPS) is 10.2. The van der Waals surface area contributed by atoms with E-state index in [4.69, 9.17) is 10.5 Å². The van der Waals surface area contributed by atoms with Gasteiger partial charge >= 0.3 is 0 Å². The van der Waals surface area contributed by atoms with Crippen LogP contribution in [0.2, 0.25) is 0 Å². The lowest BCUT2D eigenvalue weighted by Crippen LogP contribution is -2.18.